The van der Waals surface area contributed by atoms with Gasteiger partial charge in [-0.15, -0.1) is 24.0 Å². The molecule has 1 atom stereocenters. The van der Waals surface area contributed by atoms with Gasteiger partial charge < -0.3 is 15.5 Å². The molecule has 0 bridgehead atoms. The first-order valence-corrected chi connectivity index (χ1v) is 10.1. The highest BCUT2D eigenvalue weighted by Gasteiger charge is 2.20. The molecule has 148 valence electrons. The molecule has 4 nitrogen and oxygen atoms in total. The predicted octanol–water partition coefficient (Wildman–Crippen LogP) is 4.04. The summed E-state index contributed by atoms with van der Waals surface area (Å²) in [7, 11) is 0. The summed E-state index contributed by atoms with van der Waals surface area (Å²) in [6, 6.07) is 5.26. The molecule has 1 aliphatic rings. The number of aliphatic imine (C=N–C) groups is 1. The third kappa shape index (κ3) is 8.08. The summed E-state index contributed by atoms with van der Waals surface area (Å²) < 4.78 is 14.6. The molecular formula is C19H31BrFIN4. The van der Waals surface area contributed by atoms with Crippen LogP contribution in [-0.4, -0.2) is 50.1 Å². The number of nitrogens with zero attached hydrogens (tertiary/aromatic N) is 2. The number of benzene rings is 1. The monoisotopic (exact) mass is 540 g/mol. The lowest BCUT2D eigenvalue weighted by atomic mass is 10.1. The first-order valence-electron chi connectivity index (χ1n) is 9.30. The van der Waals surface area contributed by atoms with Gasteiger partial charge in [-0.2, -0.15) is 0 Å². The van der Waals surface area contributed by atoms with Crippen molar-refractivity contribution in [2.24, 2.45) is 10.9 Å². The molecule has 0 aromatic heterocycles. The Morgan fingerprint density at radius 2 is 2.15 bits per heavy atom. The minimum absolute atomic E-state index is 0. The van der Waals surface area contributed by atoms with Crippen LogP contribution >= 0.6 is 39.9 Å². The van der Waals surface area contributed by atoms with E-state index in [0.29, 0.717) is 5.92 Å². The minimum Gasteiger partial charge on any atom is -0.357 e. The molecule has 0 aliphatic carbocycles. The molecule has 1 unspecified atom stereocenters. The maximum Gasteiger partial charge on any atom is 0.191 e. The van der Waals surface area contributed by atoms with Crippen molar-refractivity contribution in [1.29, 1.82) is 0 Å². The lowest BCUT2D eigenvalue weighted by Crippen LogP contribution is -2.38. The van der Waals surface area contributed by atoms with Gasteiger partial charge in [-0.25, -0.2) is 4.39 Å². The number of guanidine groups is 1. The fraction of sp³-hybridized carbons (Fsp3) is 0.632. The molecule has 1 aliphatic heterocycles. The van der Waals surface area contributed by atoms with Crippen LogP contribution in [-0.2, 0) is 6.42 Å². The molecule has 1 fully saturated rings. The van der Waals surface area contributed by atoms with Crippen LogP contribution in [0.1, 0.15) is 32.3 Å². The van der Waals surface area contributed by atoms with E-state index in [0.717, 1.165) is 61.6 Å². The van der Waals surface area contributed by atoms with E-state index in [-0.39, 0.29) is 29.8 Å². The molecule has 0 radical (unpaired) electrons. The molecule has 0 spiro atoms. The minimum atomic E-state index is -0.142. The Hall–Kier alpha value is -0.410. The molecule has 0 saturated carbocycles. The standard InChI is InChI=1S/C19H30BrFN4.HI/c1-3-22-19(24-13-15-9-11-25(4-2)14-15)23-10-5-6-16-7-8-17(20)12-18(16)21;/h7-8,12,15H,3-6,9-11,13-14H2,1-2H3,(H2,22,23,24);1H. The van der Waals surface area contributed by atoms with E-state index in [4.69, 9.17) is 4.99 Å². The fourth-order valence-electron chi connectivity index (χ4n) is 3.12. The van der Waals surface area contributed by atoms with Crippen LogP contribution in [0.4, 0.5) is 4.39 Å². The van der Waals surface area contributed by atoms with Crippen molar-refractivity contribution in [3.05, 3.63) is 34.1 Å². The van der Waals surface area contributed by atoms with E-state index < -0.39 is 0 Å². The Kier molecular flexibility index (Phi) is 11.7. The van der Waals surface area contributed by atoms with E-state index in [1.165, 1.54) is 19.0 Å². The van der Waals surface area contributed by atoms with Crippen molar-refractivity contribution in [3.63, 3.8) is 0 Å². The van der Waals surface area contributed by atoms with E-state index in [2.05, 4.69) is 45.3 Å². The molecular weight excluding hydrogens is 510 g/mol. The van der Waals surface area contributed by atoms with Crippen molar-refractivity contribution < 1.29 is 4.39 Å². The second kappa shape index (κ2) is 12.9. The second-order valence-corrected chi connectivity index (χ2v) is 7.45. The molecule has 1 heterocycles. The Morgan fingerprint density at radius 1 is 1.35 bits per heavy atom. The molecule has 2 N–H and O–H groups in total. The number of nitrogens with one attached hydrogen (secondary N) is 2. The van der Waals surface area contributed by atoms with Crippen molar-refractivity contribution in [3.8, 4) is 0 Å². The third-order valence-electron chi connectivity index (χ3n) is 4.60. The third-order valence-corrected chi connectivity index (χ3v) is 5.09. The lowest BCUT2D eigenvalue weighted by Gasteiger charge is -2.14. The highest BCUT2D eigenvalue weighted by atomic mass is 127. The van der Waals surface area contributed by atoms with E-state index in [1.54, 1.807) is 0 Å². The van der Waals surface area contributed by atoms with E-state index >= 15 is 0 Å². The van der Waals surface area contributed by atoms with E-state index in [1.807, 2.05) is 12.1 Å². The highest BCUT2D eigenvalue weighted by Crippen LogP contribution is 2.17. The highest BCUT2D eigenvalue weighted by molar-refractivity contribution is 14.0. The summed E-state index contributed by atoms with van der Waals surface area (Å²) in [5.74, 6) is 1.39. The van der Waals surface area contributed by atoms with Crippen molar-refractivity contribution in [1.82, 2.24) is 15.5 Å². The molecule has 0 amide bonds. The second-order valence-electron chi connectivity index (χ2n) is 6.53. The van der Waals surface area contributed by atoms with Crippen LogP contribution in [0.15, 0.2) is 27.7 Å². The van der Waals surface area contributed by atoms with Gasteiger partial charge in [-0.3, -0.25) is 4.99 Å². The first-order chi connectivity index (χ1) is 12.1. The topological polar surface area (TPSA) is 39.7 Å². The average Bonchev–Trinajstić information content (AvgIpc) is 3.06. The van der Waals surface area contributed by atoms with Crippen molar-refractivity contribution >= 4 is 45.9 Å². The SMILES string of the molecule is CCNC(=NCC1CCN(CC)C1)NCCCc1ccc(Br)cc1F.I. The summed E-state index contributed by atoms with van der Waals surface area (Å²) in [6.07, 6.45) is 2.83. The number of rotatable bonds is 8. The Balaban J connectivity index is 0.00000338. The smallest absolute Gasteiger partial charge is 0.191 e. The van der Waals surface area contributed by atoms with Crippen LogP contribution in [0.5, 0.6) is 0 Å². The zero-order chi connectivity index (χ0) is 18.1. The maximum absolute atomic E-state index is 13.8. The average molecular weight is 541 g/mol. The molecule has 1 saturated heterocycles. The van der Waals surface area contributed by atoms with Crippen LogP contribution in [0, 0.1) is 11.7 Å². The van der Waals surface area contributed by atoms with Crippen molar-refractivity contribution in [2.45, 2.75) is 33.1 Å². The van der Waals surface area contributed by atoms with Gasteiger partial charge in [-0.1, -0.05) is 28.9 Å². The summed E-state index contributed by atoms with van der Waals surface area (Å²) in [4.78, 5) is 7.20. The van der Waals surface area contributed by atoms with Gasteiger partial charge in [0.2, 0.25) is 0 Å². The molecule has 2 rings (SSSR count). The van der Waals surface area contributed by atoms with Gasteiger partial charge in [0.1, 0.15) is 5.82 Å². The van der Waals surface area contributed by atoms with Gasteiger partial charge in [0.25, 0.3) is 0 Å². The van der Waals surface area contributed by atoms with Gasteiger partial charge in [0.05, 0.1) is 0 Å². The van der Waals surface area contributed by atoms with Crippen LogP contribution < -0.4 is 10.6 Å². The van der Waals surface area contributed by atoms with Gasteiger partial charge >= 0.3 is 0 Å². The first kappa shape index (κ1) is 23.6. The van der Waals surface area contributed by atoms with Gasteiger partial charge in [0.15, 0.2) is 5.96 Å². The van der Waals surface area contributed by atoms with Gasteiger partial charge in [-0.05, 0) is 62.9 Å². The Bertz CT molecular complexity index is 570. The van der Waals surface area contributed by atoms with Crippen LogP contribution in [0.2, 0.25) is 0 Å². The summed E-state index contributed by atoms with van der Waals surface area (Å²) in [6.45, 7) is 10.3. The number of likely N-dealkylation sites (tertiary alicyclic amines) is 1. The zero-order valence-electron chi connectivity index (χ0n) is 15.7. The molecule has 1 aromatic rings. The number of hydrogen-bond donors (Lipinski definition) is 2. The van der Waals surface area contributed by atoms with Crippen LogP contribution in [0.25, 0.3) is 0 Å². The predicted molar refractivity (Wildman–Crippen MR) is 122 cm³/mol. The Morgan fingerprint density at radius 3 is 2.81 bits per heavy atom. The van der Waals surface area contributed by atoms with E-state index in [9.17, 15) is 4.39 Å². The van der Waals surface area contributed by atoms with Crippen LogP contribution in [0.3, 0.4) is 0 Å². The Labute approximate surface area is 182 Å². The number of halogens is 3. The largest absolute Gasteiger partial charge is 0.357 e. The number of hydrogen-bond acceptors (Lipinski definition) is 2. The summed E-state index contributed by atoms with van der Waals surface area (Å²) in [5.41, 5.74) is 0.762. The molecule has 1 aromatic carbocycles. The number of aryl methyl sites for hydroxylation is 1. The normalized spacial score (nSPS) is 17.8. The fourth-order valence-corrected chi connectivity index (χ4v) is 3.45. The van der Waals surface area contributed by atoms with Crippen molar-refractivity contribution in [2.75, 3.05) is 39.3 Å². The van der Waals surface area contributed by atoms with Gasteiger partial charge in [0, 0.05) is 30.7 Å². The maximum atomic E-state index is 13.8. The molecule has 26 heavy (non-hydrogen) atoms. The summed E-state index contributed by atoms with van der Waals surface area (Å²) >= 11 is 3.29. The molecule has 7 heteroatoms. The quantitative estimate of drug-likeness (QED) is 0.226. The lowest BCUT2D eigenvalue weighted by molar-refractivity contribution is 0.343. The zero-order valence-corrected chi connectivity index (χ0v) is 19.6. The summed E-state index contributed by atoms with van der Waals surface area (Å²) in [5, 5.41) is 6.66.